The number of H-pyrrole nitrogens is 1. The Labute approximate surface area is 112 Å². The Hall–Kier alpha value is -0.770. The summed E-state index contributed by atoms with van der Waals surface area (Å²) in [6, 6.07) is 1.67. The Morgan fingerprint density at radius 3 is 2.72 bits per heavy atom. The fourth-order valence-electron chi connectivity index (χ4n) is 2.61. The molecule has 0 bridgehead atoms. The largest absolute Gasteiger partial charge is 0.310 e. The molecule has 0 amide bonds. The van der Waals surface area contributed by atoms with Gasteiger partial charge in [0.05, 0.1) is 11.4 Å². The first kappa shape index (κ1) is 12.3. The smallest absolute Gasteiger partial charge is 0.251 e. The van der Waals surface area contributed by atoms with E-state index in [9.17, 15) is 4.79 Å². The van der Waals surface area contributed by atoms with Crippen LogP contribution in [0.5, 0.6) is 0 Å². The maximum atomic E-state index is 11.6. The van der Waals surface area contributed by atoms with Crippen molar-refractivity contribution in [3.63, 3.8) is 0 Å². The van der Waals surface area contributed by atoms with Crippen LogP contribution in [0.25, 0.3) is 0 Å². The number of aromatic nitrogens is 2. The van der Waals surface area contributed by atoms with Crippen molar-refractivity contribution in [2.75, 3.05) is 0 Å². The summed E-state index contributed by atoms with van der Waals surface area (Å²) in [5.74, 6) is 2.30. The molecule has 2 aliphatic carbocycles. The number of nitrogens with zero attached hydrogens (tertiary/aromatic N) is 1. The lowest BCUT2D eigenvalue weighted by Crippen LogP contribution is -2.13. The fraction of sp³-hybridized carbons (Fsp3) is 0.714. The van der Waals surface area contributed by atoms with Gasteiger partial charge in [-0.05, 0) is 25.7 Å². The van der Waals surface area contributed by atoms with Crippen LogP contribution in [0.1, 0.15) is 62.4 Å². The molecule has 0 saturated heterocycles. The van der Waals surface area contributed by atoms with E-state index in [1.807, 2.05) is 11.8 Å². The maximum Gasteiger partial charge on any atom is 0.251 e. The summed E-state index contributed by atoms with van der Waals surface area (Å²) in [6.45, 7) is 0. The van der Waals surface area contributed by atoms with Gasteiger partial charge in [0.1, 0.15) is 5.82 Å². The minimum atomic E-state index is 0.0196. The molecule has 0 aromatic carbocycles. The molecule has 0 spiro atoms. The van der Waals surface area contributed by atoms with Gasteiger partial charge in [0.25, 0.3) is 5.56 Å². The fourth-order valence-corrected chi connectivity index (χ4v) is 3.81. The van der Waals surface area contributed by atoms with Crippen molar-refractivity contribution in [3.05, 3.63) is 27.9 Å². The summed E-state index contributed by atoms with van der Waals surface area (Å²) in [5, 5.41) is 0.772. The molecule has 2 saturated carbocycles. The number of thioether (sulfide) groups is 1. The van der Waals surface area contributed by atoms with Gasteiger partial charge < -0.3 is 4.98 Å². The van der Waals surface area contributed by atoms with Gasteiger partial charge in [0, 0.05) is 17.2 Å². The Morgan fingerprint density at radius 2 is 2.00 bits per heavy atom. The molecular weight excluding hydrogens is 244 g/mol. The maximum absolute atomic E-state index is 11.6. The third kappa shape index (κ3) is 3.16. The molecule has 18 heavy (non-hydrogen) atoms. The third-order valence-corrected chi connectivity index (χ3v) is 5.20. The van der Waals surface area contributed by atoms with E-state index in [0.29, 0.717) is 5.92 Å². The van der Waals surface area contributed by atoms with Crippen LogP contribution in [0, 0.1) is 0 Å². The van der Waals surface area contributed by atoms with Crippen LogP contribution in [0.4, 0.5) is 0 Å². The lowest BCUT2D eigenvalue weighted by Gasteiger charge is -2.20. The summed E-state index contributed by atoms with van der Waals surface area (Å²) in [4.78, 5) is 19.1. The van der Waals surface area contributed by atoms with Gasteiger partial charge in [0.15, 0.2) is 0 Å². The molecule has 0 radical (unpaired) electrons. The van der Waals surface area contributed by atoms with Crippen molar-refractivity contribution in [2.24, 2.45) is 0 Å². The summed E-state index contributed by atoms with van der Waals surface area (Å²) < 4.78 is 0. The highest BCUT2D eigenvalue weighted by molar-refractivity contribution is 7.99. The molecule has 3 rings (SSSR count). The average Bonchev–Trinajstić information content (AvgIpc) is 3.21. The quantitative estimate of drug-likeness (QED) is 0.908. The number of nitrogens with one attached hydrogen (secondary N) is 1. The molecule has 98 valence electrons. The Morgan fingerprint density at radius 1 is 1.22 bits per heavy atom. The number of rotatable bonds is 4. The Kier molecular flexibility index (Phi) is 3.73. The van der Waals surface area contributed by atoms with E-state index in [1.54, 1.807) is 6.07 Å². The SMILES string of the molecule is O=c1cc(C2CC2)nc(CSC2CCCCC2)[nH]1. The average molecular weight is 264 g/mol. The number of hydrogen-bond acceptors (Lipinski definition) is 3. The van der Waals surface area contributed by atoms with Crippen molar-refractivity contribution in [1.29, 1.82) is 0 Å². The first-order valence-electron chi connectivity index (χ1n) is 7.03. The van der Waals surface area contributed by atoms with Crippen LogP contribution < -0.4 is 5.56 Å². The standard InChI is InChI=1S/C14H20N2OS/c17-14-8-12(10-6-7-10)15-13(16-14)9-18-11-4-2-1-3-5-11/h8,10-11H,1-7,9H2,(H,15,16,17). The lowest BCUT2D eigenvalue weighted by atomic mass is 10.0. The molecule has 1 heterocycles. The molecule has 0 aliphatic heterocycles. The van der Waals surface area contributed by atoms with E-state index in [0.717, 1.165) is 22.5 Å². The summed E-state index contributed by atoms with van der Waals surface area (Å²) in [5.41, 5.74) is 1.03. The highest BCUT2D eigenvalue weighted by Crippen LogP contribution is 2.38. The summed E-state index contributed by atoms with van der Waals surface area (Å²) in [6.07, 6.45) is 9.18. The van der Waals surface area contributed by atoms with Gasteiger partial charge >= 0.3 is 0 Å². The Balaban J connectivity index is 1.62. The minimum Gasteiger partial charge on any atom is -0.310 e. The zero-order chi connectivity index (χ0) is 12.4. The van der Waals surface area contributed by atoms with Crippen LogP contribution in [0.3, 0.4) is 0 Å². The van der Waals surface area contributed by atoms with Gasteiger partial charge in [-0.15, -0.1) is 0 Å². The number of aromatic amines is 1. The van der Waals surface area contributed by atoms with Crippen LogP contribution in [-0.2, 0) is 5.75 Å². The molecular formula is C14H20N2OS. The lowest BCUT2D eigenvalue weighted by molar-refractivity contribution is 0.516. The second-order valence-electron chi connectivity index (χ2n) is 5.46. The van der Waals surface area contributed by atoms with Crippen molar-refractivity contribution in [1.82, 2.24) is 9.97 Å². The molecule has 1 aromatic rings. The van der Waals surface area contributed by atoms with E-state index in [1.165, 1.54) is 44.9 Å². The number of hydrogen-bond donors (Lipinski definition) is 1. The van der Waals surface area contributed by atoms with Crippen molar-refractivity contribution < 1.29 is 0 Å². The molecule has 1 N–H and O–H groups in total. The van der Waals surface area contributed by atoms with Crippen molar-refractivity contribution in [3.8, 4) is 0 Å². The van der Waals surface area contributed by atoms with Gasteiger partial charge in [0.2, 0.25) is 0 Å². The highest BCUT2D eigenvalue weighted by Gasteiger charge is 2.25. The predicted molar refractivity (Wildman–Crippen MR) is 75.0 cm³/mol. The minimum absolute atomic E-state index is 0.0196. The van der Waals surface area contributed by atoms with Crippen molar-refractivity contribution in [2.45, 2.75) is 61.9 Å². The molecule has 0 atom stereocenters. The molecule has 1 aromatic heterocycles. The van der Waals surface area contributed by atoms with Crippen LogP contribution >= 0.6 is 11.8 Å². The molecule has 2 aliphatic rings. The predicted octanol–water partition coefficient (Wildman–Crippen LogP) is 3.21. The van der Waals surface area contributed by atoms with E-state index in [2.05, 4.69) is 9.97 Å². The van der Waals surface area contributed by atoms with E-state index >= 15 is 0 Å². The van der Waals surface area contributed by atoms with Gasteiger partial charge in [-0.1, -0.05) is 19.3 Å². The van der Waals surface area contributed by atoms with Crippen molar-refractivity contribution >= 4 is 11.8 Å². The zero-order valence-electron chi connectivity index (χ0n) is 10.7. The molecule has 0 unspecified atom stereocenters. The molecule has 3 nitrogen and oxygen atoms in total. The second kappa shape index (κ2) is 5.47. The van der Waals surface area contributed by atoms with Crippen LogP contribution in [-0.4, -0.2) is 15.2 Å². The normalized spacial score (nSPS) is 21.1. The Bertz CT molecular complexity index is 461. The summed E-state index contributed by atoms with van der Waals surface area (Å²) in [7, 11) is 0. The first-order chi connectivity index (χ1) is 8.81. The van der Waals surface area contributed by atoms with Crippen LogP contribution in [0.2, 0.25) is 0 Å². The second-order valence-corrected chi connectivity index (χ2v) is 6.75. The first-order valence-corrected chi connectivity index (χ1v) is 8.08. The topological polar surface area (TPSA) is 45.8 Å². The third-order valence-electron chi connectivity index (χ3n) is 3.81. The van der Waals surface area contributed by atoms with Gasteiger partial charge in [-0.25, -0.2) is 4.98 Å². The van der Waals surface area contributed by atoms with Gasteiger partial charge in [-0.2, -0.15) is 11.8 Å². The highest BCUT2D eigenvalue weighted by atomic mass is 32.2. The molecule has 4 heteroatoms. The van der Waals surface area contributed by atoms with Gasteiger partial charge in [-0.3, -0.25) is 4.79 Å². The van der Waals surface area contributed by atoms with Crippen LogP contribution in [0.15, 0.2) is 10.9 Å². The molecule has 2 fully saturated rings. The van der Waals surface area contributed by atoms with E-state index in [-0.39, 0.29) is 5.56 Å². The van der Waals surface area contributed by atoms with E-state index < -0.39 is 0 Å². The van der Waals surface area contributed by atoms with E-state index in [4.69, 9.17) is 0 Å². The zero-order valence-corrected chi connectivity index (χ0v) is 11.5. The summed E-state index contributed by atoms with van der Waals surface area (Å²) >= 11 is 1.97. The monoisotopic (exact) mass is 264 g/mol.